The summed E-state index contributed by atoms with van der Waals surface area (Å²) < 4.78 is 0. The Balaban J connectivity index is 0.000000640. The maximum absolute atomic E-state index is 3.60. The van der Waals surface area contributed by atoms with Gasteiger partial charge in [0.05, 0.1) is 0 Å². The summed E-state index contributed by atoms with van der Waals surface area (Å²) in [4.78, 5) is 0. The average molecular weight is 153 g/mol. The Bertz CT molecular complexity index is 143. The van der Waals surface area contributed by atoms with Crippen molar-refractivity contribution in [1.82, 2.24) is 0 Å². The minimum atomic E-state index is 0. The summed E-state index contributed by atoms with van der Waals surface area (Å²) in [7, 11) is 0. The molecule has 0 aromatic carbocycles. The van der Waals surface area contributed by atoms with Crippen molar-refractivity contribution in [1.29, 1.82) is 0 Å². The van der Waals surface area contributed by atoms with Crippen LogP contribution in [0.4, 0.5) is 0 Å². The van der Waals surface area contributed by atoms with Crippen molar-refractivity contribution >= 4 is 0 Å². The van der Waals surface area contributed by atoms with Gasteiger partial charge >= 0.3 is 0 Å². The van der Waals surface area contributed by atoms with E-state index >= 15 is 0 Å². The molecule has 0 saturated heterocycles. The van der Waals surface area contributed by atoms with Gasteiger partial charge in [-0.3, -0.25) is 0 Å². The maximum atomic E-state index is 3.60. The van der Waals surface area contributed by atoms with Crippen LogP contribution >= 0.6 is 0 Å². The zero-order chi connectivity index (χ0) is 5.82. The van der Waals surface area contributed by atoms with Crippen LogP contribution < -0.4 is 0 Å². The van der Waals surface area contributed by atoms with Gasteiger partial charge in [-0.25, -0.2) is 18.6 Å². The molecule has 1 aliphatic rings. The summed E-state index contributed by atoms with van der Waals surface area (Å²) in [6.07, 6.45) is 11.2. The summed E-state index contributed by atoms with van der Waals surface area (Å²) in [6.45, 7) is 3.60. The van der Waals surface area contributed by atoms with Crippen LogP contribution in [-0.2, 0) is 21.7 Å². The third-order valence-electron chi connectivity index (χ3n) is 1.13. The van der Waals surface area contributed by atoms with E-state index < -0.39 is 0 Å². The van der Waals surface area contributed by atoms with Crippen molar-refractivity contribution in [3.8, 4) is 0 Å². The predicted molar refractivity (Wildman–Crippen MR) is 36.3 cm³/mol. The van der Waals surface area contributed by atoms with Crippen LogP contribution in [-0.4, -0.2) is 0 Å². The predicted octanol–water partition coefficient (Wildman–Crippen LogP) is 2.26. The normalized spacial score (nSPS) is 18.9. The molecule has 0 heterocycles. The minimum Gasteiger partial charge on any atom is -0.228 e. The summed E-state index contributed by atoms with van der Waals surface area (Å²) in [5.74, 6) is 0. The van der Waals surface area contributed by atoms with Gasteiger partial charge in [-0.2, -0.15) is 0 Å². The standard InChI is InChI=1S/C8H9.Ti/c1-2-5-8-6-3-4-7-8;/h2-6H,1,7H2;/q-1;. The molecule has 0 unspecified atom stereocenters. The van der Waals surface area contributed by atoms with Gasteiger partial charge in [0.2, 0.25) is 0 Å². The maximum Gasteiger partial charge on any atom is 0 e. The molecule has 0 aromatic rings. The summed E-state index contributed by atoms with van der Waals surface area (Å²) >= 11 is 0. The van der Waals surface area contributed by atoms with Crippen LogP contribution in [0, 0.1) is 6.42 Å². The Morgan fingerprint density at radius 1 is 1.67 bits per heavy atom. The fourth-order valence-electron chi connectivity index (χ4n) is 0.739. The Kier molecular flexibility index (Phi) is 4.56. The third-order valence-corrected chi connectivity index (χ3v) is 1.13. The Hall–Kier alpha value is -0.196. The molecule has 1 rings (SSSR count). The van der Waals surface area contributed by atoms with E-state index in [1.54, 1.807) is 0 Å². The molecule has 0 aromatic heterocycles. The first-order valence-corrected chi connectivity index (χ1v) is 2.75. The van der Waals surface area contributed by atoms with Crippen molar-refractivity contribution in [3.05, 3.63) is 42.9 Å². The molecular formula is C8H9Ti-. The summed E-state index contributed by atoms with van der Waals surface area (Å²) in [5.41, 5.74) is 1.35. The minimum absolute atomic E-state index is 0. The second-order valence-corrected chi connectivity index (χ2v) is 1.78. The van der Waals surface area contributed by atoms with Crippen LogP contribution in [0.5, 0.6) is 0 Å². The molecule has 0 radical (unpaired) electrons. The Morgan fingerprint density at radius 2 is 2.44 bits per heavy atom. The molecule has 0 aliphatic heterocycles. The second-order valence-electron chi connectivity index (χ2n) is 1.78. The molecule has 0 saturated carbocycles. The van der Waals surface area contributed by atoms with Crippen molar-refractivity contribution in [2.75, 3.05) is 0 Å². The van der Waals surface area contributed by atoms with Gasteiger partial charge in [0.15, 0.2) is 0 Å². The molecule has 46 valence electrons. The molecule has 0 N–H and O–H groups in total. The molecule has 9 heavy (non-hydrogen) atoms. The Labute approximate surface area is 71.2 Å². The molecule has 1 aliphatic carbocycles. The van der Waals surface area contributed by atoms with Gasteiger partial charge in [-0.05, 0) is 0 Å². The van der Waals surface area contributed by atoms with Gasteiger partial charge in [0.25, 0.3) is 0 Å². The van der Waals surface area contributed by atoms with Crippen molar-refractivity contribution in [2.45, 2.75) is 6.42 Å². The zero-order valence-electron chi connectivity index (χ0n) is 5.30. The van der Waals surface area contributed by atoms with Crippen LogP contribution in [0.15, 0.2) is 36.5 Å². The smallest absolute Gasteiger partial charge is 0 e. The first kappa shape index (κ1) is 8.80. The largest absolute Gasteiger partial charge is 0.228 e. The van der Waals surface area contributed by atoms with E-state index in [-0.39, 0.29) is 21.7 Å². The monoisotopic (exact) mass is 153 g/mol. The van der Waals surface area contributed by atoms with Gasteiger partial charge in [0, 0.05) is 21.7 Å². The van der Waals surface area contributed by atoms with E-state index in [2.05, 4.69) is 25.2 Å². The van der Waals surface area contributed by atoms with E-state index in [9.17, 15) is 0 Å². The molecule has 0 atom stereocenters. The van der Waals surface area contributed by atoms with E-state index in [4.69, 9.17) is 0 Å². The second kappa shape index (κ2) is 4.66. The number of hydrogen-bond acceptors (Lipinski definition) is 0. The van der Waals surface area contributed by atoms with Gasteiger partial charge in [0.1, 0.15) is 0 Å². The van der Waals surface area contributed by atoms with Crippen molar-refractivity contribution in [2.24, 2.45) is 0 Å². The molecule has 0 bridgehead atoms. The van der Waals surface area contributed by atoms with Crippen LogP contribution in [0.2, 0.25) is 0 Å². The number of rotatable bonds is 1. The quantitative estimate of drug-likeness (QED) is 0.400. The van der Waals surface area contributed by atoms with Crippen LogP contribution in [0.1, 0.15) is 6.42 Å². The average Bonchev–Trinajstić information content (AvgIpc) is 2.19. The van der Waals surface area contributed by atoms with Gasteiger partial charge < -0.3 is 0 Å². The topological polar surface area (TPSA) is 0 Å². The molecule has 0 spiro atoms. The fraction of sp³-hybridized carbons (Fsp3) is 0.125. The van der Waals surface area contributed by atoms with Gasteiger partial charge in [-0.15, -0.1) is 5.57 Å². The van der Waals surface area contributed by atoms with E-state index in [1.165, 1.54) is 5.57 Å². The summed E-state index contributed by atoms with van der Waals surface area (Å²) in [5, 5.41) is 0. The van der Waals surface area contributed by atoms with E-state index in [0.717, 1.165) is 6.42 Å². The molecular weight excluding hydrogens is 144 g/mol. The molecule has 0 nitrogen and oxygen atoms in total. The van der Waals surface area contributed by atoms with E-state index in [0.29, 0.717) is 0 Å². The fourth-order valence-corrected chi connectivity index (χ4v) is 0.739. The number of hydrogen-bond donors (Lipinski definition) is 0. The zero-order valence-corrected chi connectivity index (χ0v) is 6.86. The molecule has 1 heteroatoms. The molecule has 0 fully saturated rings. The number of allylic oxidation sites excluding steroid dienone is 5. The van der Waals surface area contributed by atoms with Gasteiger partial charge in [-0.1, -0.05) is 25.2 Å². The SMILES string of the molecule is C=CC=C1C=C[CH-]C1.[Ti]. The first-order chi connectivity index (χ1) is 3.93. The van der Waals surface area contributed by atoms with E-state index in [1.807, 2.05) is 12.2 Å². The van der Waals surface area contributed by atoms with Crippen LogP contribution in [0.25, 0.3) is 0 Å². The Morgan fingerprint density at radius 3 is 2.89 bits per heavy atom. The summed E-state index contributed by atoms with van der Waals surface area (Å²) in [6, 6.07) is 0. The van der Waals surface area contributed by atoms with Crippen molar-refractivity contribution < 1.29 is 21.7 Å². The van der Waals surface area contributed by atoms with Crippen LogP contribution in [0.3, 0.4) is 0 Å². The third kappa shape index (κ3) is 2.74. The molecule has 0 amide bonds. The first-order valence-electron chi connectivity index (χ1n) is 2.75. The van der Waals surface area contributed by atoms with Crippen molar-refractivity contribution in [3.63, 3.8) is 0 Å².